The van der Waals surface area contributed by atoms with Crippen molar-refractivity contribution in [3.05, 3.63) is 54.2 Å². The van der Waals surface area contributed by atoms with Gasteiger partial charge in [-0.3, -0.25) is 4.79 Å². The lowest BCUT2D eigenvalue weighted by Crippen LogP contribution is -2.43. The molecule has 0 spiro atoms. The molecule has 7 nitrogen and oxygen atoms in total. The molecule has 1 saturated heterocycles. The minimum Gasteiger partial charge on any atom is -0.355 e. The van der Waals surface area contributed by atoms with Crippen molar-refractivity contribution in [2.24, 2.45) is 0 Å². The van der Waals surface area contributed by atoms with Crippen LogP contribution < -0.4 is 15.5 Å². The smallest absolute Gasteiger partial charge is 0.319 e. The van der Waals surface area contributed by atoms with Gasteiger partial charge in [0, 0.05) is 37.3 Å². The first kappa shape index (κ1) is 20.6. The van der Waals surface area contributed by atoms with Crippen LogP contribution in [0.2, 0.25) is 0 Å². The van der Waals surface area contributed by atoms with E-state index in [1.54, 1.807) is 6.20 Å². The van der Waals surface area contributed by atoms with Crippen molar-refractivity contribution in [1.29, 1.82) is 0 Å². The normalized spacial score (nSPS) is 14.9. The van der Waals surface area contributed by atoms with Crippen molar-refractivity contribution >= 4 is 23.4 Å². The fraction of sp³-hybridized carbons (Fsp3) is 0.409. The van der Waals surface area contributed by atoms with E-state index in [4.69, 9.17) is 0 Å². The fourth-order valence-electron chi connectivity index (χ4n) is 3.26. The number of carbonyl (C=O) groups is 2. The maximum Gasteiger partial charge on any atom is 0.319 e. The molecule has 3 amide bonds. The van der Waals surface area contributed by atoms with Gasteiger partial charge in [-0.2, -0.15) is 0 Å². The number of nitrogens with zero attached hydrogens (tertiary/aromatic N) is 3. The Morgan fingerprint density at radius 1 is 0.966 bits per heavy atom. The number of rotatable bonds is 3. The summed E-state index contributed by atoms with van der Waals surface area (Å²) in [5.74, 6) is 0.922. The zero-order valence-electron chi connectivity index (χ0n) is 17.3. The molecule has 29 heavy (non-hydrogen) atoms. The van der Waals surface area contributed by atoms with Gasteiger partial charge in [-0.15, -0.1) is 0 Å². The van der Waals surface area contributed by atoms with Crippen LogP contribution >= 0.6 is 0 Å². The number of anilines is 2. The molecule has 1 aliphatic heterocycles. The number of pyridine rings is 1. The molecular weight excluding hydrogens is 366 g/mol. The number of nitrogens with one attached hydrogen (secondary N) is 2. The lowest BCUT2D eigenvalue weighted by atomic mass is 10.1. The molecule has 2 N–H and O–H groups in total. The van der Waals surface area contributed by atoms with E-state index in [1.165, 1.54) is 0 Å². The molecule has 3 rings (SSSR count). The van der Waals surface area contributed by atoms with Gasteiger partial charge < -0.3 is 20.4 Å². The fourth-order valence-corrected chi connectivity index (χ4v) is 3.26. The van der Waals surface area contributed by atoms with E-state index in [0.29, 0.717) is 12.2 Å². The number of amides is 3. The lowest BCUT2D eigenvalue weighted by Gasteiger charge is -2.23. The molecule has 0 aliphatic carbocycles. The van der Waals surface area contributed by atoms with Gasteiger partial charge in [0.25, 0.3) is 5.91 Å². The molecule has 0 atom stereocenters. The van der Waals surface area contributed by atoms with Gasteiger partial charge in [0.2, 0.25) is 0 Å². The Bertz CT molecular complexity index is 831. The van der Waals surface area contributed by atoms with Gasteiger partial charge in [-0.1, -0.05) is 18.2 Å². The van der Waals surface area contributed by atoms with Crippen molar-refractivity contribution in [2.75, 3.05) is 36.4 Å². The monoisotopic (exact) mass is 395 g/mol. The van der Waals surface area contributed by atoms with Crippen molar-refractivity contribution in [2.45, 2.75) is 32.7 Å². The highest BCUT2D eigenvalue weighted by molar-refractivity contribution is 5.94. The minimum absolute atomic E-state index is 0.0739. The molecule has 0 radical (unpaired) electrons. The predicted molar refractivity (Wildman–Crippen MR) is 115 cm³/mol. The Morgan fingerprint density at radius 2 is 1.72 bits per heavy atom. The highest BCUT2D eigenvalue weighted by Crippen LogP contribution is 2.17. The number of carbonyl (C=O) groups excluding carboxylic acids is 2. The summed E-state index contributed by atoms with van der Waals surface area (Å²) in [4.78, 5) is 33.3. The Morgan fingerprint density at radius 3 is 2.38 bits per heavy atom. The molecule has 154 valence electrons. The number of aromatic nitrogens is 1. The molecule has 1 aliphatic rings. The van der Waals surface area contributed by atoms with Crippen LogP contribution in [-0.2, 0) is 0 Å². The molecule has 0 unspecified atom stereocenters. The van der Waals surface area contributed by atoms with E-state index < -0.39 is 0 Å². The molecule has 0 saturated carbocycles. The molecule has 1 fully saturated rings. The summed E-state index contributed by atoms with van der Waals surface area (Å²) >= 11 is 0. The van der Waals surface area contributed by atoms with Gasteiger partial charge in [-0.05, 0) is 51.5 Å². The first-order chi connectivity index (χ1) is 13.8. The molecule has 1 aromatic heterocycles. The van der Waals surface area contributed by atoms with Crippen LogP contribution in [0.4, 0.5) is 16.3 Å². The predicted octanol–water partition coefficient (Wildman–Crippen LogP) is 3.35. The summed E-state index contributed by atoms with van der Waals surface area (Å²) in [6.45, 7) is 8.74. The number of hydrogen-bond donors (Lipinski definition) is 2. The maximum atomic E-state index is 12.7. The number of benzene rings is 1. The summed E-state index contributed by atoms with van der Waals surface area (Å²) in [5, 5.41) is 5.65. The van der Waals surface area contributed by atoms with Crippen LogP contribution in [0, 0.1) is 0 Å². The van der Waals surface area contributed by atoms with E-state index in [9.17, 15) is 9.59 Å². The second kappa shape index (κ2) is 8.94. The third-order valence-corrected chi connectivity index (χ3v) is 4.62. The SMILES string of the molecule is CC(C)(C)NC(=O)Nc1ccc(N2CCCN(C(=O)c3ccccc3)CC2)nc1. The van der Waals surface area contributed by atoms with Crippen LogP contribution in [0.1, 0.15) is 37.6 Å². The Labute approximate surface area is 172 Å². The molecule has 2 heterocycles. The van der Waals surface area contributed by atoms with Crippen LogP contribution in [0.5, 0.6) is 0 Å². The number of urea groups is 1. The molecule has 7 heteroatoms. The van der Waals surface area contributed by atoms with Crippen molar-refractivity contribution in [1.82, 2.24) is 15.2 Å². The highest BCUT2D eigenvalue weighted by Gasteiger charge is 2.21. The van der Waals surface area contributed by atoms with E-state index in [0.717, 1.165) is 37.4 Å². The van der Waals surface area contributed by atoms with Crippen molar-refractivity contribution in [3.8, 4) is 0 Å². The Kier molecular flexibility index (Phi) is 6.36. The quantitative estimate of drug-likeness (QED) is 0.835. The largest absolute Gasteiger partial charge is 0.355 e. The first-order valence-electron chi connectivity index (χ1n) is 9.96. The van der Waals surface area contributed by atoms with Crippen LogP contribution in [-0.4, -0.2) is 53.5 Å². The summed E-state index contributed by atoms with van der Waals surface area (Å²) in [6, 6.07) is 12.9. The maximum absolute atomic E-state index is 12.7. The van der Waals surface area contributed by atoms with Gasteiger partial charge in [0.15, 0.2) is 0 Å². The van der Waals surface area contributed by atoms with E-state index in [-0.39, 0.29) is 17.5 Å². The van der Waals surface area contributed by atoms with Crippen LogP contribution in [0.25, 0.3) is 0 Å². The van der Waals surface area contributed by atoms with E-state index in [2.05, 4.69) is 20.5 Å². The summed E-state index contributed by atoms with van der Waals surface area (Å²) in [6.07, 6.45) is 2.55. The van der Waals surface area contributed by atoms with Gasteiger partial charge in [0.1, 0.15) is 5.82 Å². The van der Waals surface area contributed by atoms with Crippen LogP contribution in [0.3, 0.4) is 0 Å². The second-order valence-corrected chi connectivity index (χ2v) is 8.23. The standard InChI is InChI=1S/C22H29N5O2/c1-22(2,3)25-21(29)24-18-10-11-19(23-16-18)26-12-7-13-27(15-14-26)20(28)17-8-5-4-6-9-17/h4-6,8-11,16H,7,12-15H2,1-3H3,(H2,24,25,29). The number of hydrogen-bond acceptors (Lipinski definition) is 4. The highest BCUT2D eigenvalue weighted by atomic mass is 16.2. The average Bonchev–Trinajstić information content (AvgIpc) is 2.93. The van der Waals surface area contributed by atoms with Crippen LogP contribution in [0.15, 0.2) is 48.7 Å². The third kappa shape index (κ3) is 5.94. The van der Waals surface area contributed by atoms with Crippen molar-refractivity contribution in [3.63, 3.8) is 0 Å². The van der Waals surface area contributed by atoms with E-state index in [1.807, 2.05) is 68.1 Å². The Balaban J connectivity index is 1.57. The topological polar surface area (TPSA) is 77.6 Å². The second-order valence-electron chi connectivity index (χ2n) is 8.23. The van der Waals surface area contributed by atoms with Crippen molar-refractivity contribution < 1.29 is 9.59 Å². The van der Waals surface area contributed by atoms with Gasteiger partial charge >= 0.3 is 6.03 Å². The zero-order chi connectivity index (χ0) is 20.9. The third-order valence-electron chi connectivity index (χ3n) is 4.62. The summed E-state index contributed by atoms with van der Waals surface area (Å²) < 4.78 is 0. The lowest BCUT2D eigenvalue weighted by molar-refractivity contribution is 0.0767. The van der Waals surface area contributed by atoms with Gasteiger partial charge in [-0.25, -0.2) is 9.78 Å². The molecule has 1 aromatic carbocycles. The van der Waals surface area contributed by atoms with E-state index >= 15 is 0 Å². The Hall–Kier alpha value is -3.09. The van der Waals surface area contributed by atoms with Gasteiger partial charge in [0.05, 0.1) is 11.9 Å². The first-order valence-corrected chi connectivity index (χ1v) is 9.96. The molecular formula is C22H29N5O2. The minimum atomic E-state index is -0.299. The zero-order valence-corrected chi connectivity index (χ0v) is 17.3. The summed E-state index contributed by atoms with van der Waals surface area (Å²) in [5.41, 5.74) is 1.07. The molecule has 0 bridgehead atoms. The molecule has 2 aromatic rings. The average molecular weight is 396 g/mol. The summed E-state index contributed by atoms with van der Waals surface area (Å²) in [7, 11) is 0.